The molecule has 3 aromatic rings. The zero-order chi connectivity index (χ0) is 19.4. The summed E-state index contributed by atoms with van der Waals surface area (Å²) in [6.07, 6.45) is 3.46. The van der Waals surface area contributed by atoms with Crippen LogP contribution in [0.4, 0.5) is 5.82 Å². The largest absolute Gasteiger partial charge is 0.433 e. The molecule has 136 valence electrons. The Morgan fingerprint density at radius 1 is 1.26 bits per heavy atom. The van der Waals surface area contributed by atoms with Gasteiger partial charge in [0.25, 0.3) is 0 Å². The molecule has 7 nitrogen and oxygen atoms in total. The highest BCUT2D eigenvalue weighted by molar-refractivity contribution is 9.10. The molecule has 0 fully saturated rings. The highest BCUT2D eigenvalue weighted by atomic mass is 79.9. The van der Waals surface area contributed by atoms with Crippen molar-refractivity contribution in [1.82, 2.24) is 19.9 Å². The number of aromatic nitrogens is 4. The number of ketones is 1. The number of nitrogens with zero attached hydrogens (tertiary/aromatic N) is 4. The van der Waals surface area contributed by atoms with E-state index in [-0.39, 0.29) is 12.2 Å². The summed E-state index contributed by atoms with van der Waals surface area (Å²) in [6.45, 7) is 3.38. The standard InChI is InChI=1S/C18H17BBrN5O2/c1-11-22-15(9-18(23-11)25-19(2)27)13-6-7-21-10-12(13)8-16(26)14-4-3-5-17(20)24-14/h3-7,9-10,27H,8H2,1-2H3,(H,22,23,25). The molecular formula is C18H17BBrN5O2. The molecule has 3 heterocycles. The Morgan fingerprint density at radius 3 is 2.81 bits per heavy atom. The zero-order valence-electron chi connectivity index (χ0n) is 14.8. The Kier molecular flexibility index (Phi) is 5.92. The van der Waals surface area contributed by atoms with E-state index in [0.717, 1.165) is 11.1 Å². The van der Waals surface area contributed by atoms with Crippen LogP contribution in [0.15, 0.2) is 47.3 Å². The Bertz CT molecular complexity index is 983. The molecule has 0 saturated carbocycles. The van der Waals surface area contributed by atoms with Crippen molar-refractivity contribution in [3.8, 4) is 11.3 Å². The third kappa shape index (κ3) is 4.96. The molecule has 0 aromatic carbocycles. The van der Waals surface area contributed by atoms with Gasteiger partial charge in [-0.3, -0.25) is 9.78 Å². The van der Waals surface area contributed by atoms with Crippen molar-refractivity contribution >= 4 is 34.6 Å². The van der Waals surface area contributed by atoms with Crippen LogP contribution < -0.4 is 5.23 Å². The predicted molar refractivity (Wildman–Crippen MR) is 107 cm³/mol. The number of nitrogens with one attached hydrogen (secondary N) is 1. The van der Waals surface area contributed by atoms with Crippen molar-refractivity contribution in [2.75, 3.05) is 5.23 Å². The van der Waals surface area contributed by atoms with Gasteiger partial charge < -0.3 is 10.3 Å². The SMILES string of the molecule is CB(O)Nc1cc(-c2ccncc2CC(=O)c2cccc(Br)n2)nc(C)n1. The number of hydrogen-bond acceptors (Lipinski definition) is 7. The van der Waals surface area contributed by atoms with E-state index < -0.39 is 7.05 Å². The minimum Gasteiger partial charge on any atom is -0.433 e. The molecule has 3 rings (SSSR count). The highest BCUT2D eigenvalue weighted by Crippen LogP contribution is 2.24. The van der Waals surface area contributed by atoms with Gasteiger partial charge in [0.05, 0.1) is 5.69 Å². The third-order valence-electron chi connectivity index (χ3n) is 3.73. The lowest BCUT2D eigenvalue weighted by Gasteiger charge is -2.11. The topological polar surface area (TPSA) is 101 Å². The second-order valence-electron chi connectivity index (χ2n) is 5.98. The highest BCUT2D eigenvalue weighted by Gasteiger charge is 2.15. The molecule has 3 aromatic heterocycles. The Morgan fingerprint density at radius 2 is 2.07 bits per heavy atom. The van der Waals surface area contributed by atoms with Gasteiger partial charge >= 0.3 is 7.05 Å². The van der Waals surface area contributed by atoms with E-state index in [1.165, 1.54) is 0 Å². The van der Waals surface area contributed by atoms with E-state index in [1.807, 2.05) is 6.07 Å². The lowest BCUT2D eigenvalue weighted by molar-refractivity contribution is 0.0988. The molecule has 0 spiro atoms. The minimum absolute atomic E-state index is 0.112. The molecule has 0 atom stereocenters. The normalized spacial score (nSPS) is 10.5. The number of aryl methyl sites for hydroxylation is 1. The molecule has 0 unspecified atom stereocenters. The monoisotopic (exact) mass is 425 g/mol. The summed E-state index contributed by atoms with van der Waals surface area (Å²) in [5, 5.41) is 12.4. The summed E-state index contributed by atoms with van der Waals surface area (Å²) in [6, 6.07) is 8.77. The first-order chi connectivity index (χ1) is 12.9. The van der Waals surface area contributed by atoms with E-state index in [0.29, 0.717) is 27.6 Å². The molecule has 9 heteroatoms. The van der Waals surface area contributed by atoms with Gasteiger partial charge in [0.15, 0.2) is 5.78 Å². The number of carbonyl (C=O) groups is 1. The summed E-state index contributed by atoms with van der Waals surface area (Å²) in [5.41, 5.74) is 2.56. The first-order valence-electron chi connectivity index (χ1n) is 8.31. The summed E-state index contributed by atoms with van der Waals surface area (Å²) in [7, 11) is -0.742. The van der Waals surface area contributed by atoms with Crippen LogP contribution in [0.1, 0.15) is 21.9 Å². The van der Waals surface area contributed by atoms with Crippen LogP contribution in [0.3, 0.4) is 0 Å². The number of pyridine rings is 2. The van der Waals surface area contributed by atoms with Crippen molar-refractivity contribution in [2.45, 2.75) is 20.2 Å². The summed E-state index contributed by atoms with van der Waals surface area (Å²) >= 11 is 3.28. The maximum absolute atomic E-state index is 12.6. The Labute approximate surface area is 165 Å². The van der Waals surface area contributed by atoms with Gasteiger partial charge in [-0.15, -0.1) is 0 Å². The molecule has 0 radical (unpaired) electrons. The number of hydrogen-bond donors (Lipinski definition) is 2. The fraction of sp³-hybridized carbons (Fsp3) is 0.167. The van der Waals surface area contributed by atoms with Gasteiger partial charge in [-0.05, 0) is 53.4 Å². The second-order valence-corrected chi connectivity index (χ2v) is 6.80. The molecule has 0 aliphatic rings. The van der Waals surface area contributed by atoms with Gasteiger partial charge in [-0.1, -0.05) is 6.07 Å². The van der Waals surface area contributed by atoms with Crippen LogP contribution in [0, 0.1) is 6.92 Å². The summed E-state index contributed by atoms with van der Waals surface area (Å²) < 4.78 is 0.611. The van der Waals surface area contributed by atoms with E-state index in [1.54, 1.807) is 50.4 Å². The van der Waals surface area contributed by atoms with Crippen molar-refractivity contribution in [3.63, 3.8) is 0 Å². The van der Waals surface area contributed by atoms with Crippen LogP contribution in [0.5, 0.6) is 0 Å². The third-order valence-corrected chi connectivity index (χ3v) is 4.17. The molecule has 0 saturated heterocycles. The molecule has 0 aliphatic heterocycles. The molecule has 0 aliphatic carbocycles. The summed E-state index contributed by atoms with van der Waals surface area (Å²) in [5.74, 6) is 0.951. The van der Waals surface area contributed by atoms with Crippen molar-refractivity contribution in [2.24, 2.45) is 0 Å². The van der Waals surface area contributed by atoms with E-state index in [4.69, 9.17) is 0 Å². The first kappa shape index (κ1) is 19.1. The first-order valence-corrected chi connectivity index (χ1v) is 9.11. The van der Waals surface area contributed by atoms with E-state index >= 15 is 0 Å². The molecule has 0 amide bonds. The number of carbonyl (C=O) groups excluding carboxylic acids is 1. The van der Waals surface area contributed by atoms with Gasteiger partial charge in [0.1, 0.15) is 21.9 Å². The zero-order valence-corrected chi connectivity index (χ0v) is 16.4. The van der Waals surface area contributed by atoms with Gasteiger partial charge in [-0.25, -0.2) is 15.0 Å². The fourth-order valence-corrected chi connectivity index (χ4v) is 2.98. The van der Waals surface area contributed by atoms with Crippen LogP contribution >= 0.6 is 15.9 Å². The lowest BCUT2D eigenvalue weighted by Crippen LogP contribution is -2.20. The van der Waals surface area contributed by atoms with Crippen molar-refractivity contribution in [3.05, 3.63) is 64.4 Å². The van der Waals surface area contributed by atoms with Gasteiger partial charge in [-0.2, -0.15) is 0 Å². The maximum Gasteiger partial charge on any atom is 0.408 e. The minimum atomic E-state index is -0.742. The van der Waals surface area contributed by atoms with E-state index in [2.05, 4.69) is 41.1 Å². The quantitative estimate of drug-likeness (QED) is 0.355. The summed E-state index contributed by atoms with van der Waals surface area (Å²) in [4.78, 5) is 29.7. The smallest absolute Gasteiger partial charge is 0.408 e. The predicted octanol–water partition coefficient (Wildman–Crippen LogP) is 2.95. The fourth-order valence-electron chi connectivity index (χ4n) is 2.64. The lowest BCUT2D eigenvalue weighted by atomic mass is 9.89. The van der Waals surface area contributed by atoms with E-state index in [9.17, 15) is 9.82 Å². The van der Waals surface area contributed by atoms with Gasteiger partial charge in [0, 0.05) is 30.4 Å². The average Bonchev–Trinajstić information content (AvgIpc) is 2.61. The maximum atomic E-state index is 12.6. The number of anilines is 1. The number of Topliss-reactive ketones (excluding diaryl/α,β-unsaturated/α-hetero) is 1. The Balaban J connectivity index is 1.95. The second kappa shape index (κ2) is 8.36. The van der Waals surface area contributed by atoms with Crippen LogP contribution in [0.2, 0.25) is 6.82 Å². The van der Waals surface area contributed by atoms with Crippen LogP contribution in [0.25, 0.3) is 11.3 Å². The Hall–Kier alpha value is -2.65. The molecule has 27 heavy (non-hydrogen) atoms. The van der Waals surface area contributed by atoms with Gasteiger partial charge in [0.2, 0.25) is 0 Å². The van der Waals surface area contributed by atoms with Crippen LogP contribution in [-0.2, 0) is 6.42 Å². The average molecular weight is 426 g/mol. The van der Waals surface area contributed by atoms with Crippen molar-refractivity contribution in [1.29, 1.82) is 0 Å². The number of halogens is 1. The molecule has 0 bridgehead atoms. The van der Waals surface area contributed by atoms with Crippen molar-refractivity contribution < 1.29 is 9.82 Å². The molecule has 2 N–H and O–H groups in total. The van der Waals surface area contributed by atoms with Crippen LogP contribution in [-0.4, -0.2) is 37.8 Å². The number of rotatable bonds is 6. The molecular weight excluding hydrogens is 409 g/mol.